The van der Waals surface area contributed by atoms with Crippen LogP contribution in [0.1, 0.15) is 19.4 Å². The molecule has 0 aromatic heterocycles. The van der Waals surface area contributed by atoms with Crippen molar-refractivity contribution in [3.63, 3.8) is 0 Å². The van der Waals surface area contributed by atoms with Gasteiger partial charge in [0.15, 0.2) is 9.84 Å². The quantitative estimate of drug-likeness (QED) is 0.667. The van der Waals surface area contributed by atoms with Crippen LogP contribution in [0.2, 0.25) is 0 Å². The van der Waals surface area contributed by atoms with Crippen LogP contribution >= 0.6 is 0 Å². The van der Waals surface area contributed by atoms with E-state index in [1.807, 2.05) is 0 Å². The molecule has 1 amide bonds. The summed E-state index contributed by atoms with van der Waals surface area (Å²) in [5.74, 6) is -1.41. The smallest absolute Gasteiger partial charge is 0.242 e. The van der Waals surface area contributed by atoms with E-state index in [-0.39, 0.29) is 10.6 Å². The van der Waals surface area contributed by atoms with E-state index in [4.69, 9.17) is 0 Å². The molecule has 0 fully saturated rings. The third-order valence-corrected chi connectivity index (χ3v) is 6.79. The number of carbonyl (C=O) groups excluding carboxylic acids is 1. The molecular formula is C15H24N2O5S2. The van der Waals surface area contributed by atoms with Crippen LogP contribution in [0.3, 0.4) is 0 Å². The number of hydrogen-bond acceptors (Lipinski definition) is 5. The van der Waals surface area contributed by atoms with Crippen LogP contribution in [-0.4, -0.2) is 64.9 Å². The molecule has 136 valence electrons. The van der Waals surface area contributed by atoms with Crippen molar-refractivity contribution in [3.05, 3.63) is 29.8 Å². The first-order valence-electron chi connectivity index (χ1n) is 7.53. The minimum absolute atomic E-state index is 0.0234. The summed E-state index contributed by atoms with van der Waals surface area (Å²) in [5.41, 5.74) is 0.338. The number of rotatable bonds is 8. The van der Waals surface area contributed by atoms with E-state index < -0.39 is 31.5 Å². The first kappa shape index (κ1) is 20.6. The molecule has 1 rings (SSSR count). The SMILES string of the molecule is CCN(CC)C(=O)CS(=O)(=O)Cc1cccc(S(=O)(=O)N(C)C)c1. The number of nitrogens with zero attached hydrogens (tertiary/aromatic N) is 2. The summed E-state index contributed by atoms with van der Waals surface area (Å²) in [5, 5.41) is 0. The fourth-order valence-corrected chi connectivity index (χ4v) is 4.49. The number of amides is 1. The monoisotopic (exact) mass is 376 g/mol. The first-order valence-corrected chi connectivity index (χ1v) is 10.8. The van der Waals surface area contributed by atoms with Crippen LogP contribution in [0, 0.1) is 0 Å². The molecule has 9 heteroatoms. The number of benzene rings is 1. The van der Waals surface area contributed by atoms with Crippen LogP contribution in [0.4, 0.5) is 0 Å². The van der Waals surface area contributed by atoms with E-state index in [1.54, 1.807) is 13.8 Å². The summed E-state index contributed by atoms with van der Waals surface area (Å²) < 4.78 is 49.7. The Balaban J connectivity index is 2.99. The van der Waals surface area contributed by atoms with Crippen molar-refractivity contribution in [2.45, 2.75) is 24.5 Å². The summed E-state index contributed by atoms with van der Waals surface area (Å²) in [4.78, 5) is 13.4. The first-order chi connectivity index (χ1) is 11.0. The predicted molar refractivity (Wildman–Crippen MR) is 92.7 cm³/mol. The normalized spacial score (nSPS) is 12.4. The molecule has 0 saturated heterocycles. The average molecular weight is 377 g/mol. The van der Waals surface area contributed by atoms with Crippen LogP contribution in [0.15, 0.2) is 29.2 Å². The van der Waals surface area contributed by atoms with Crippen molar-refractivity contribution in [1.82, 2.24) is 9.21 Å². The Labute approximate surface area is 144 Å². The zero-order chi connectivity index (χ0) is 18.5. The Bertz CT molecular complexity index is 782. The summed E-state index contributed by atoms with van der Waals surface area (Å²) >= 11 is 0. The third-order valence-electron chi connectivity index (χ3n) is 3.52. The molecule has 0 aliphatic heterocycles. The molecule has 7 nitrogen and oxygen atoms in total. The van der Waals surface area contributed by atoms with Gasteiger partial charge in [-0.25, -0.2) is 21.1 Å². The Morgan fingerprint density at radius 2 is 1.62 bits per heavy atom. The number of hydrogen-bond donors (Lipinski definition) is 0. The lowest BCUT2D eigenvalue weighted by molar-refractivity contribution is -0.128. The Hall–Kier alpha value is -1.45. The second kappa shape index (κ2) is 8.09. The lowest BCUT2D eigenvalue weighted by atomic mass is 10.2. The van der Waals surface area contributed by atoms with Gasteiger partial charge in [-0.2, -0.15) is 0 Å². The Morgan fingerprint density at radius 1 is 1.04 bits per heavy atom. The molecule has 0 spiro atoms. The average Bonchev–Trinajstić information content (AvgIpc) is 2.47. The van der Waals surface area contributed by atoms with Crippen molar-refractivity contribution in [1.29, 1.82) is 0 Å². The van der Waals surface area contributed by atoms with Crippen molar-refractivity contribution < 1.29 is 21.6 Å². The predicted octanol–water partition coefficient (Wildman–Crippen LogP) is 0.720. The molecule has 0 N–H and O–H groups in total. The zero-order valence-electron chi connectivity index (χ0n) is 14.4. The molecule has 0 aliphatic rings. The molecule has 0 saturated carbocycles. The standard InChI is InChI=1S/C15H24N2O5S2/c1-5-17(6-2)15(18)12-23(19,20)11-13-8-7-9-14(10-13)24(21,22)16(3)4/h7-10H,5-6,11-12H2,1-4H3. The summed E-state index contributed by atoms with van der Waals surface area (Å²) in [7, 11) is -4.51. The van der Waals surface area contributed by atoms with E-state index in [0.29, 0.717) is 18.7 Å². The highest BCUT2D eigenvalue weighted by Crippen LogP contribution is 2.17. The Kier molecular flexibility index (Phi) is 6.94. The highest BCUT2D eigenvalue weighted by Gasteiger charge is 2.22. The van der Waals surface area contributed by atoms with Gasteiger partial charge in [0.1, 0.15) is 5.75 Å². The van der Waals surface area contributed by atoms with Gasteiger partial charge in [0, 0.05) is 27.2 Å². The topological polar surface area (TPSA) is 91.8 Å². The minimum atomic E-state index is -3.68. The summed E-state index contributed by atoms with van der Waals surface area (Å²) in [6.45, 7) is 4.45. The van der Waals surface area contributed by atoms with Crippen molar-refractivity contribution in [2.24, 2.45) is 0 Å². The molecule has 1 aromatic rings. The van der Waals surface area contributed by atoms with E-state index in [9.17, 15) is 21.6 Å². The molecule has 1 aromatic carbocycles. The number of sulfonamides is 1. The van der Waals surface area contributed by atoms with Gasteiger partial charge in [-0.05, 0) is 31.5 Å². The molecule has 24 heavy (non-hydrogen) atoms. The third kappa shape index (κ3) is 5.29. The Morgan fingerprint density at radius 3 is 2.12 bits per heavy atom. The van der Waals surface area contributed by atoms with Crippen LogP contribution < -0.4 is 0 Å². The highest BCUT2D eigenvalue weighted by molar-refractivity contribution is 7.91. The molecular weight excluding hydrogens is 352 g/mol. The van der Waals surface area contributed by atoms with E-state index in [0.717, 1.165) is 4.31 Å². The van der Waals surface area contributed by atoms with Gasteiger partial charge in [-0.3, -0.25) is 4.79 Å². The fraction of sp³-hybridized carbons (Fsp3) is 0.533. The van der Waals surface area contributed by atoms with Crippen molar-refractivity contribution in [2.75, 3.05) is 32.9 Å². The van der Waals surface area contributed by atoms with E-state index in [1.165, 1.54) is 43.3 Å². The summed E-state index contributed by atoms with van der Waals surface area (Å²) in [6.07, 6.45) is 0. The lowest BCUT2D eigenvalue weighted by Gasteiger charge is -2.18. The summed E-state index contributed by atoms with van der Waals surface area (Å²) in [6, 6.07) is 5.77. The van der Waals surface area contributed by atoms with Crippen molar-refractivity contribution in [3.8, 4) is 0 Å². The second-order valence-corrected chi connectivity index (χ2v) is 9.75. The molecule has 0 aliphatic carbocycles. The lowest BCUT2D eigenvalue weighted by Crippen LogP contribution is -2.35. The molecule has 0 heterocycles. The van der Waals surface area contributed by atoms with E-state index in [2.05, 4.69) is 0 Å². The molecule has 0 unspecified atom stereocenters. The van der Waals surface area contributed by atoms with Crippen LogP contribution in [0.5, 0.6) is 0 Å². The van der Waals surface area contributed by atoms with Gasteiger partial charge in [0.05, 0.1) is 10.6 Å². The van der Waals surface area contributed by atoms with Gasteiger partial charge in [-0.15, -0.1) is 0 Å². The molecule has 0 bridgehead atoms. The highest BCUT2D eigenvalue weighted by atomic mass is 32.2. The fourth-order valence-electron chi connectivity index (χ4n) is 2.17. The largest absolute Gasteiger partial charge is 0.342 e. The van der Waals surface area contributed by atoms with Gasteiger partial charge >= 0.3 is 0 Å². The van der Waals surface area contributed by atoms with Crippen LogP contribution in [0.25, 0.3) is 0 Å². The maximum Gasteiger partial charge on any atom is 0.242 e. The molecule has 0 radical (unpaired) electrons. The zero-order valence-corrected chi connectivity index (χ0v) is 16.0. The van der Waals surface area contributed by atoms with Gasteiger partial charge < -0.3 is 4.90 Å². The van der Waals surface area contributed by atoms with Crippen molar-refractivity contribution >= 4 is 25.8 Å². The minimum Gasteiger partial charge on any atom is -0.342 e. The van der Waals surface area contributed by atoms with Gasteiger partial charge in [0.25, 0.3) is 0 Å². The molecule has 0 atom stereocenters. The number of sulfone groups is 1. The van der Waals surface area contributed by atoms with Crippen LogP contribution in [-0.2, 0) is 30.4 Å². The maximum absolute atomic E-state index is 12.2. The van der Waals surface area contributed by atoms with E-state index >= 15 is 0 Å². The number of carbonyl (C=O) groups is 1. The maximum atomic E-state index is 12.2. The van der Waals surface area contributed by atoms with Gasteiger partial charge in [-0.1, -0.05) is 12.1 Å². The van der Waals surface area contributed by atoms with Gasteiger partial charge in [0.2, 0.25) is 15.9 Å². The second-order valence-electron chi connectivity index (χ2n) is 5.53.